The van der Waals surface area contributed by atoms with Crippen LogP contribution < -0.4 is 38.1 Å². The molecule has 0 amide bonds. The van der Waals surface area contributed by atoms with Crippen molar-refractivity contribution in [1.29, 1.82) is 0 Å². The molecule has 1 fully saturated rings. The molecule has 1 aromatic heterocycles. The Morgan fingerprint density at radius 2 is 1.33 bits per heavy atom. The lowest BCUT2D eigenvalue weighted by Gasteiger charge is -2.40. The van der Waals surface area contributed by atoms with Gasteiger partial charge in [0.2, 0.25) is 11.5 Å². The van der Waals surface area contributed by atoms with Gasteiger partial charge in [-0.2, -0.15) is 0 Å². The highest BCUT2D eigenvalue weighted by atomic mass is 16.5. The number of hydrogen-bond acceptors (Lipinski definition) is 10. The van der Waals surface area contributed by atoms with Crippen LogP contribution in [0.5, 0.6) is 40.2 Å². The van der Waals surface area contributed by atoms with Gasteiger partial charge in [-0.25, -0.2) is 0 Å². The van der Waals surface area contributed by atoms with Gasteiger partial charge in [0.25, 0.3) is 0 Å². The monoisotopic (exact) mass is 735 g/mol. The molecule has 0 bridgehead atoms. The Hall–Kier alpha value is -5.61. The third kappa shape index (κ3) is 9.30. The van der Waals surface area contributed by atoms with Gasteiger partial charge in [-0.1, -0.05) is 24.8 Å². The third-order valence-corrected chi connectivity index (χ3v) is 9.72. The van der Waals surface area contributed by atoms with E-state index in [1.165, 1.54) is 5.57 Å². The molecule has 54 heavy (non-hydrogen) atoms. The van der Waals surface area contributed by atoms with E-state index in [9.17, 15) is 0 Å². The van der Waals surface area contributed by atoms with Gasteiger partial charge in [0, 0.05) is 49.7 Å². The molecule has 0 spiro atoms. The van der Waals surface area contributed by atoms with Gasteiger partial charge in [-0.05, 0) is 103 Å². The van der Waals surface area contributed by atoms with Crippen LogP contribution in [-0.2, 0) is 6.54 Å². The van der Waals surface area contributed by atoms with Crippen LogP contribution in [0.4, 0.5) is 5.69 Å². The average molecular weight is 736 g/mol. The smallest absolute Gasteiger partial charge is 0.203 e. The van der Waals surface area contributed by atoms with E-state index in [0.717, 1.165) is 78.4 Å². The zero-order chi connectivity index (χ0) is 38.6. The highest BCUT2D eigenvalue weighted by Gasteiger charge is 2.26. The molecule has 0 unspecified atom stereocenters. The first kappa shape index (κ1) is 39.6. The standard InChI is InChI=1S/C44H53N3O7/c1-10-11-31(22-30(2)33-24-39(49-4)43(53-8)40(25-33)50-5)28-46-20-17-36(18-21-46)47(35-12-14-37(48-3)15-13-35)29-32-16-19-45-38(23-32)34-26-41(51-6)44(54-9)42(27-34)52-7/h10-16,19,22-27,36H,2,17-18,20-21,28-29H2,1,3-9H3/b11-10-,31-22+. The molecule has 5 rings (SSSR count). The number of ether oxygens (including phenoxy) is 7. The topological polar surface area (TPSA) is 84.0 Å². The number of methoxy groups -OCH3 is 7. The van der Waals surface area contributed by atoms with Crippen molar-refractivity contribution >= 4 is 11.3 Å². The van der Waals surface area contributed by atoms with E-state index >= 15 is 0 Å². The molecule has 1 aliphatic rings. The number of benzene rings is 3. The molecule has 0 radical (unpaired) electrons. The molecule has 0 saturated carbocycles. The largest absolute Gasteiger partial charge is 0.497 e. The van der Waals surface area contributed by atoms with Crippen LogP contribution in [0.3, 0.4) is 0 Å². The number of aromatic nitrogens is 1. The molecule has 286 valence electrons. The quantitative estimate of drug-likeness (QED) is 0.0985. The van der Waals surface area contributed by atoms with Crippen LogP contribution in [0.15, 0.2) is 97.2 Å². The average Bonchev–Trinajstić information content (AvgIpc) is 3.22. The van der Waals surface area contributed by atoms with E-state index in [1.807, 2.05) is 49.5 Å². The summed E-state index contributed by atoms with van der Waals surface area (Å²) < 4.78 is 39.0. The Bertz CT molecular complexity index is 1880. The molecule has 2 heterocycles. The van der Waals surface area contributed by atoms with Crippen molar-refractivity contribution in [2.75, 3.05) is 74.3 Å². The van der Waals surface area contributed by atoms with Gasteiger partial charge in [-0.15, -0.1) is 0 Å². The second kappa shape index (κ2) is 18.9. The van der Waals surface area contributed by atoms with E-state index < -0.39 is 0 Å². The van der Waals surface area contributed by atoms with Crippen molar-refractivity contribution in [2.24, 2.45) is 0 Å². The van der Waals surface area contributed by atoms with Crippen molar-refractivity contribution < 1.29 is 33.2 Å². The van der Waals surface area contributed by atoms with Gasteiger partial charge in [-0.3, -0.25) is 9.88 Å². The summed E-state index contributed by atoms with van der Waals surface area (Å²) in [5.41, 5.74) is 6.96. The highest BCUT2D eigenvalue weighted by Crippen LogP contribution is 2.42. The Kier molecular flexibility index (Phi) is 13.9. The Labute approximate surface area is 320 Å². The molecule has 4 aromatic rings. The van der Waals surface area contributed by atoms with Gasteiger partial charge in [0.1, 0.15) is 5.75 Å². The number of pyridine rings is 1. The number of anilines is 1. The minimum atomic E-state index is 0.329. The first-order valence-corrected chi connectivity index (χ1v) is 18.0. The maximum Gasteiger partial charge on any atom is 0.203 e. The number of allylic oxidation sites excluding steroid dienone is 3. The lowest BCUT2D eigenvalue weighted by atomic mass is 9.99. The summed E-state index contributed by atoms with van der Waals surface area (Å²) in [6.45, 7) is 9.88. The first-order chi connectivity index (χ1) is 26.3. The van der Waals surface area contributed by atoms with Gasteiger partial charge in [0.15, 0.2) is 23.0 Å². The summed E-state index contributed by atoms with van der Waals surface area (Å²) in [6.07, 6.45) is 10.3. The minimum absolute atomic E-state index is 0.329. The predicted molar refractivity (Wildman–Crippen MR) is 216 cm³/mol. The van der Waals surface area contributed by atoms with Crippen molar-refractivity contribution in [3.63, 3.8) is 0 Å². The summed E-state index contributed by atoms with van der Waals surface area (Å²) in [4.78, 5) is 9.75. The SMILES string of the molecule is C=C(/C=C(\C=C/C)CN1CCC(N(Cc2ccnc(-c3cc(OC)c(OC)c(OC)c3)c2)c2ccc(OC)cc2)CC1)c1cc(OC)c(OC)c(OC)c1. The van der Waals surface area contributed by atoms with Crippen LogP contribution >= 0.6 is 0 Å². The van der Waals surface area contributed by atoms with Gasteiger partial charge < -0.3 is 38.1 Å². The van der Waals surface area contributed by atoms with Crippen LogP contribution in [0.1, 0.15) is 30.9 Å². The van der Waals surface area contributed by atoms with Crippen LogP contribution in [-0.4, -0.2) is 85.3 Å². The van der Waals surface area contributed by atoms with Gasteiger partial charge in [0.05, 0.1) is 55.5 Å². The Morgan fingerprint density at radius 3 is 1.85 bits per heavy atom. The zero-order valence-corrected chi connectivity index (χ0v) is 32.8. The summed E-state index contributed by atoms with van der Waals surface area (Å²) in [6, 6.07) is 20.6. The van der Waals surface area contributed by atoms with Crippen molar-refractivity contribution in [2.45, 2.75) is 32.4 Å². The summed E-state index contributed by atoms with van der Waals surface area (Å²) in [5.74, 6) is 4.31. The summed E-state index contributed by atoms with van der Waals surface area (Å²) >= 11 is 0. The van der Waals surface area contributed by atoms with Crippen LogP contribution in [0.25, 0.3) is 16.8 Å². The second-order valence-electron chi connectivity index (χ2n) is 13.0. The fourth-order valence-electron chi connectivity index (χ4n) is 6.94. The zero-order valence-electron chi connectivity index (χ0n) is 32.8. The molecule has 1 aliphatic heterocycles. The predicted octanol–water partition coefficient (Wildman–Crippen LogP) is 8.50. The maximum atomic E-state index is 5.62. The number of likely N-dealkylation sites (tertiary alicyclic amines) is 1. The fraction of sp³-hybridized carbons (Fsp3) is 0.341. The Morgan fingerprint density at radius 1 is 0.759 bits per heavy atom. The van der Waals surface area contributed by atoms with Gasteiger partial charge >= 0.3 is 0 Å². The number of hydrogen-bond donors (Lipinski definition) is 0. The minimum Gasteiger partial charge on any atom is -0.497 e. The molecular formula is C44H53N3O7. The Balaban J connectivity index is 1.35. The molecule has 10 heteroatoms. The number of nitrogens with zero attached hydrogens (tertiary/aromatic N) is 3. The summed E-state index contributed by atoms with van der Waals surface area (Å²) in [5, 5.41) is 0. The van der Waals surface area contributed by atoms with E-state index in [1.54, 1.807) is 49.8 Å². The van der Waals surface area contributed by atoms with Crippen molar-refractivity contribution in [1.82, 2.24) is 9.88 Å². The lowest BCUT2D eigenvalue weighted by Crippen LogP contribution is -2.45. The molecule has 10 nitrogen and oxygen atoms in total. The first-order valence-electron chi connectivity index (χ1n) is 18.0. The molecule has 0 atom stereocenters. The number of rotatable bonds is 17. The molecular weight excluding hydrogens is 682 g/mol. The van der Waals surface area contributed by atoms with Crippen molar-refractivity contribution in [3.05, 3.63) is 108 Å². The normalized spacial score (nSPS) is 13.7. The second-order valence-corrected chi connectivity index (χ2v) is 13.0. The molecule has 0 aliphatic carbocycles. The van der Waals surface area contributed by atoms with Crippen molar-refractivity contribution in [3.8, 4) is 51.5 Å². The highest BCUT2D eigenvalue weighted by molar-refractivity contribution is 5.77. The van der Waals surface area contributed by atoms with Crippen LogP contribution in [0, 0.1) is 0 Å². The van der Waals surface area contributed by atoms with E-state index in [4.69, 9.17) is 38.1 Å². The molecule has 1 saturated heterocycles. The maximum absolute atomic E-state index is 5.62. The van der Waals surface area contributed by atoms with Crippen LogP contribution in [0.2, 0.25) is 0 Å². The van der Waals surface area contributed by atoms with E-state index in [-0.39, 0.29) is 0 Å². The lowest BCUT2D eigenvalue weighted by molar-refractivity contribution is 0.224. The molecule has 0 N–H and O–H groups in total. The third-order valence-electron chi connectivity index (χ3n) is 9.72. The van der Waals surface area contributed by atoms with E-state index in [2.05, 4.69) is 58.9 Å². The summed E-state index contributed by atoms with van der Waals surface area (Å²) in [7, 11) is 11.4. The molecule has 3 aromatic carbocycles. The van der Waals surface area contributed by atoms with E-state index in [0.29, 0.717) is 40.5 Å². The fourth-order valence-corrected chi connectivity index (χ4v) is 6.94. The number of piperidine rings is 1.